The molecule has 0 aromatic heterocycles. The molecule has 1 saturated heterocycles. The van der Waals surface area contributed by atoms with Crippen molar-refractivity contribution in [1.29, 1.82) is 0 Å². The Hall–Kier alpha value is -1.55. The molecule has 0 N–H and O–H groups in total. The Balaban J connectivity index is 2.12. The van der Waals surface area contributed by atoms with Crippen molar-refractivity contribution in [3.8, 4) is 0 Å². The first-order chi connectivity index (χ1) is 10.0. The van der Waals surface area contributed by atoms with Crippen LogP contribution in [-0.2, 0) is 9.53 Å². The van der Waals surface area contributed by atoms with E-state index in [-0.39, 0.29) is 11.9 Å². The van der Waals surface area contributed by atoms with E-state index in [4.69, 9.17) is 16.3 Å². The molecule has 4 nitrogen and oxygen atoms in total. The van der Waals surface area contributed by atoms with Crippen molar-refractivity contribution >= 4 is 23.5 Å². The average molecular weight is 310 g/mol. The average Bonchev–Trinajstić information content (AvgIpc) is 2.93. The summed E-state index contributed by atoms with van der Waals surface area (Å²) in [5, 5.41) is 0.599. The molecule has 1 aromatic carbocycles. The predicted octanol–water partition coefficient (Wildman–Crippen LogP) is 3.15. The predicted molar refractivity (Wildman–Crippen MR) is 81.3 cm³/mol. The van der Waals surface area contributed by atoms with Crippen LogP contribution in [0, 0.1) is 5.41 Å². The second-order valence-electron chi connectivity index (χ2n) is 5.34. The van der Waals surface area contributed by atoms with Crippen LogP contribution in [0.2, 0.25) is 5.02 Å². The zero-order valence-corrected chi connectivity index (χ0v) is 13.2. The molecular weight excluding hydrogens is 290 g/mol. The summed E-state index contributed by atoms with van der Waals surface area (Å²) in [6.45, 7) is 5.13. The van der Waals surface area contributed by atoms with E-state index in [1.807, 2.05) is 6.92 Å². The van der Waals surface area contributed by atoms with Gasteiger partial charge in [0.25, 0.3) is 5.91 Å². The molecule has 0 radical (unpaired) electrons. The van der Waals surface area contributed by atoms with Crippen LogP contribution in [0.1, 0.15) is 37.0 Å². The van der Waals surface area contributed by atoms with Crippen LogP contribution >= 0.6 is 11.6 Å². The number of nitrogens with zero attached hydrogens (tertiary/aromatic N) is 1. The summed E-state index contributed by atoms with van der Waals surface area (Å²) in [6.07, 6.45) is 1.33. The minimum Gasteiger partial charge on any atom is -0.466 e. The minimum absolute atomic E-state index is 0.0636. The highest BCUT2D eigenvalue weighted by atomic mass is 35.5. The van der Waals surface area contributed by atoms with Gasteiger partial charge >= 0.3 is 5.97 Å². The number of hydrogen-bond donors (Lipinski definition) is 0. The number of hydrogen-bond acceptors (Lipinski definition) is 3. The van der Waals surface area contributed by atoms with Crippen LogP contribution in [-0.4, -0.2) is 36.5 Å². The molecule has 1 amide bonds. The Morgan fingerprint density at radius 2 is 1.95 bits per heavy atom. The molecule has 0 bridgehead atoms. The van der Waals surface area contributed by atoms with Gasteiger partial charge in [-0.3, -0.25) is 9.59 Å². The normalized spacial score (nSPS) is 21.4. The number of likely N-dealkylation sites (tertiary alicyclic amines) is 1. The van der Waals surface area contributed by atoms with E-state index in [9.17, 15) is 9.59 Å². The van der Waals surface area contributed by atoms with Crippen molar-refractivity contribution in [2.75, 3.05) is 19.7 Å². The lowest BCUT2D eigenvalue weighted by Crippen LogP contribution is -2.37. The molecule has 1 unspecified atom stereocenters. The first kappa shape index (κ1) is 15.8. The number of benzene rings is 1. The quantitative estimate of drug-likeness (QED) is 0.803. The third kappa shape index (κ3) is 3.21. The highest BCUT2D eigenvalue weighted by molar-refractivity contribution is 6.30. The van der Waals surface area contributed by atoms with Crippen LogP contribution in [0.5, 0.6) is 0 Å². The van der Waals surface area contributed by atoms with Gasteiger partial charge in [-0.1, -0.05) is 18.5 Å². The molecule has 0 spiro atoms. The van der Waals surface area contributed by atoms with Gasteiger partial charge in [-0.2, -0.15) is 0 Å². The fourth-order valence-corrected chi connectivity index (χ4v) is 2.83. The molecule has 1 aliphatic rings. The maximum absolute atomic E-state index is 12.5. The molecule has 1 aliphatic heterocycles. The second-order valence-corrected chi connectivity index (χ2v) is 5.77. The van der Waals surface area contributed by atoms with Crippen LogP contribution in [0.4, 0.5) is 0 Å². The van der Waals surface area contributed by atoms with Gasteiger partial charge < -0.3 is 9.64 Å². The third-order valence-electron chi connectivity index (χ3n) is 4.12. The zero-order chi connectivity index (χ0) is 15.5. The van der Waals surface area contributed by atoms with Crippen LogP contribution in [0.15, 0.2) is 24.3 Å². The van der Waals surface area contributed by atoms with Gasteiger partial charge in [0.05, 0.1) is 12.0 Å². The summed E-state index contributed by atoms with van der Waals surface area (Å²) in [6, 6.07) is 6.81. The highest BCUT2D eigenvalue weighted by Gasteiger charge is 2.45. The molecular formula is C16H20ClNO3. The Labute approximate surface area is 130 Å². The third-order valence-corrected chi connectivity index (χ3v) is 4.37. The maximum atomic E-state index is 12.5. The van der Waals surface area contributed by atoms with E-state index in [0.717, 1.165) is 0 Å². The van der Waals surface area contributed by atoms with Crippen LogP contribution in [0.3, 0.4) is 0 Å². The van der Waals surface area contributed by atoms with E-state index < -0.39 is 5.41 Å². The summed E-state index contributed by atoms with van der Waals surface area (Å²) >= 11 is 5.83. The van der Waals surface area contributed by atoms with Crippen molar-refractivity contribution in [2.24, 2.45) is 5.41 Å². The van der Waals surface area contributed by atoms with Crippen LogP contribution < -0.4 is 0 Å². The standard InChI is InChI=1S/C16H20ClNO3/c1-3-16(15(20)21-4-2)9-10-18(11-16)14(19)12-5-7-13(17)8-6-12/h5-8H,3-4,9-11H2,1-2H3. The lowest BCUT2D eigenvalue weighted by atomic mass is 9.84. The van der Waals surface area contributed by atoms with Gasteiger partial charge in [-0.05, 0) is 44.0 Å². The first-order valence-corrected chi connectivity index (χ1v) is 7.62. The molecule has 1 heterocycles. The Morgan fingerprint density at radius 3 is 2.52 bits per heavy atom. The van der Waals surface area contributed by atoms with Crippen molar-refractivity contribution < 1.29 is 14.3 Å². The summed E-state index contributed by atoms with van der Waals surface area (Å²) in [5.41, 5.74) is 0.0353. The van der Waals surface area contributed by atoms with Gasteiger partial charge in [0.1, 0.15) is 0 Å². The Kier molecular flexibility index (Phi) is 4.88. The first-order valence-electron chi connectivity index (χ1n) is 7.24. The largest absolute Gasteiger partial charge is 0.466 e. The second kappa shape index (κ2) is 6.48. The molecule has 5 heteroatoms. The van der Waals surface area contributed by atoms with Crippen molar-refractivity contribution in [1.82, 2.24) is 4.90 Å². The lowest BCUT2D eigenvalue weighted by molar-refractivity contribution is -0.154. The SMILES string of the molecule is CCOC(=O)C1(CC)CCN(C(=O)c2ccc(Cl)cc2)C1. The number of esters is 1. The monoisotopic (exact) mass is 309 g/mol. The molecule has 21 heavy (non-hydrogen) atoms. The van der Waals surface area contributed by atoms with Crippen molar-refractivity contribution in [3.05, 3.63) is 34.9 Å². The molecule has 1 fully saturated rings. The van der Waals surface area contributed by atoms with Gasteiger partial charge in [-0.25, -0.2) is 0 Å². The molecule has 2 rings (SSSR count). The zero-order valence-electron chi connectivity index (χ0n) is 12.4. The van der Waals surface area contributed by atoms with E-state index in [1.165, 1.54) is 0 Å². The van der Waals surface area contributed by atoms with Gasteiger partial charge in [-0.15, -0.1) is 0 Å². The number of carbonyl (C=O) groups excluding carboxylic acids is 2. The minimum atomic E-state index is -0.557. The van der Waals surface area contributed by atoms with E-state index in [0.29, 0.717) is 43.1 Å². The van der Waals surface area contributed by atoms with Gasteiger partial charge in [0.2, 0.25) is 0 Å². The number of carbonyl (C=O) groups is 2. The summed E-state index contributed by atoms with van der Waals surface area (Å²) in [4.78, 5) is 26.4. The smallest absolute Gasteiger partial charge is 0.313 e. The number of ether oxygens (including phenoxy) is 1. The highest BCUT2D eigenvalue weighted by Crippen LogP contribution is 2.36. The van der Waals surface area contributed by atoms with E-state index in [2.05, 4.69) is 0 Å². The van der Waals surface area contributed by atoms with E-state index >= 15 is 0 Å². The fourth-order valence-electron chi connectivity index (χ4n) is 2.70. The van der Waals surface area contributed by atoms with Crippen molar-refractivity contribution in [2.45, 2.75) is 26.7 Å². The van der Waals surface area contributed by atoms with Crippen LogP contribution in [0.25, 0.3) is 0 Å². The maximum Gasteiger partial charge on any atom is 0.313 e. The molecule has 114 valence electrons. The van der Waals surface area contributed by atoms with Crippen molar-refractivity contribution in [3.63, 3.8) is 0 Å². The van der Waals surface area contributed by atoms with E-state index in [1.54, 1.807) is 36.1 Å². The number of amides is 1. The molecule has 0 aliphatic carbocycles. The topological polar surface area (TPSA) is 46.6 Å². The Morgan fingerprint density at radius 1 is 1.29 bits per heavy atom. The fraction of sp³-hybridized carbons (Fsp3) is 0.500. The van der Waals surface area contributed by atoms with Gasteiger partial charge in [0.15, 0.2) is 0 Å². The summed E-state index contributed by atoms with van der Waals surface area (Å²) in [5.74, 6) is -0.259. The molecule has 1 aromatic rings. The van der Waals surface area contributed by atoms with Gasteiger partial charge in [0, 0.05) is 23.7 Å². The summed E-state index contributed by atoms with van der Waals surface area (Å²) < 4.78 is 5.18. The molecule has 1 atom stereocenters. The number of rotatable bonds is 4. The number of halogens is 1. The summed E-state index contributed by atoms with van der Waals surface area (Å²) in [7, 11) is 0. The molecule has 0 saturated carbocycles. The lowest BCUT2D eigenvalue weighted by Gasteiger charge is -2.25. The Bertz CT molecular complexity index is 529.